The van der Waals surface area contributed by atoms with Crippen molar-refractivity contribution < 1.29 is 4.79 Å². The highest BCUT2D eigenvalue weighted by atomic mass is 16.1. The van der Waals surface area contributed by atoms with Crippen LogP contribution in [0.25, 0.3) is 0 Å². The highest BCUT2D eigenvalue weighted by molar-refractivity contribution is 5.73. The predicted octanol–water partition coefficient (Wildman–Crippen LogP) is 1.95. The molecule has 0 aliphatic rings. The van der Waals surface area contributed by atoms with Crippen LogP contribution in [0.5, 0.6) is 0 Å². The number of anilines is 1. The predicted molar refractivity (Wildman–Crippen MR) is 67.5 cm³/mol. The Hall–Kier alpha value is -1.51. The van der Waals surface area contributed by atoms with Gasteiger partial charge in [-0.25, -0.2) is 0 Å². The van der Waals surface area contributed by atoms with E-state index in [-0.39, 0.29) is 5.91 Å². The number of hydrogen-bond acceptors (Lipinski definition) is 2. The van der Waals surface area contributed by atoms with Crippen LogP contribution in [0.1, 0.15) is 24.8 Å². The van der Waals surface area contributed by atoms with E-state index in [4.69, 9.17) is 5.73 Å². The Kier molecular flexibility index (Phi) is 4.83. The summed E-state index contributed by atoms with van der Waals surface area (Å²) < 4.78 is 0. The number of primary amides is 1. The smallest absolute Gasteiger partial charge is 0.217 e. The van der Waals surface area contributed by atoms with E-state index in [1.165, 1.54) is 11.3 Å². The third-order valence-corrected chi connectivity index (χ3v) is 2.59. The van der Waals surface area contributed by atoms with Crippen molar-refractivity contribution in [2.75, 3.05) is 19.0 Å². The summed E-state index contributed by atoms with van der Waals surface area (Å²) in [6.45, 7) is 0. The lowest BCUT2D eigenvalue weighted by Gasteiger charge is -2.12. The van der Waals surface area contributed by atoms with Gasteiger partial charge >= 0.3 is 0 Å². The molecule has 0 aliphatic heterocycles. The maximum Gasteiger partial charge on any atom is 0.217 e. The molecular formula is C13H20N2O. The van der Waals surface area contributed by atoms with E-state index < -0.39 is 0 Å². The summed E-state index contributed by atoms with van der Waals surface area (Å²) in [5.74, 6) is -0.206. The number of benzene rings is 1. The van der Waals surface area contributed by atoms with E-state index in [1.807, 2.05) is 14.1 Å². The quantitative estimate of drug-likeness (QED) is 0.745. The minimum absolute atomic E-state index is 0.206. The zero-order chi connectivity index (χ0) is 12.0. The summed E-state index contributed by atoms with van der Waals surface area (Å²) in [4.78, 5) is 12.6. The van der Waals surface area contributed by atoms with E-state index in [0.717, 1.165) is 19.3 Å². The van der Waals surface area contributed by atoms with Gasteiger partial charge in [-0.1, -0.05) is 12.1 Å². The maximum atomic E-state index is 10.5. The molecule has 0 saturated carbocycles. The van der Waals surface area contributed by atoms with Gasteiger partial charge in [-0.3, -0.25) is 4.79 Å². The van der Waals surface area contributed by atoms with Crippen molar-refractivity contribution in [2.24, 2.45) is 5.73 Å². The first-order valence-corrected chi connectivity index (χ1v) is 5.64. The van der Waals surface area contributed by atoms with Gasteiger partial charge in [-0.15, -0.1) is 0 Å². The molecule has 0 aromatic heterocycles. The number of aryl methyl sites for hydroxylation is 1. The van der Waals surface area contributed by atoms with Gasteiger partial charge in [0.1, 0.15) is 0 Å². The molecule has 16 heavy (non-hydrogen) atoms. The fourth-order valence-electron chi connectivity index (χ4n) is 1.59. The molecule has 0 aliphatic carbocycles. The number of rotatable bonds is 6. The molecule has 3 heteroatoms. The number of unbranched alkanes of at least 4 members (excludes halogenated alkanes) is 1. The number of carbonyl (C=O) groups is 1. The monoisotopic (exact) mass is 220 g/mol. The zero-order valence-corrected chi connectivity index (χ0v) is 10.1. The molecule has 0 bridgehead atoms. The number of nitrogens with zero attached hydrogens (tertiary/aromatic N) is 1. The van der Waals surface area contributed by atoms with Gasteiger partial charge in [0.05, 0.1) is 0 Å². The summed E-state index contributed by atoms with van der Waals surface area (Å²) in [7, 11) is 4.06. The SMILES string of the molecule is CN(C)c1ccc(CCCCC(N)=O)cc1. The Morgan fingerprint density at radius 3 is 2.31 bits per heavy atom. The first-order valence-electron chi connectivity index (χ1n) is 5.64. The summed E-state index contributed by atoms with van der Waals surface area (Å²) in [5.41, 5.74) is 7.60. The number of carbonyl (C=O) groups excluding carboxylic acids is 1. The summed E-state index contributed by atoms with van der Waals surface area (Å²) in [6.07, 6.45) is 3.41. The van der Waals surface area contributed by atoms with Crippen LogP contribution in [0.3, 0.4) is 0 Å². The van der Waals surface area contributed by atoms with E-state index in [0.29, 0.717) is 6.42 Å². The Bertz CT molecular complexity index is 330. The average molecular weight is 220 g/mol. The minimum Gasteiger partial charge on any atom is -0.378 e. The van der Waals surface area contributed by atoms with Gasteiger partial charge in [0.2, 0.25) is 5.91 Å². The first-order chi connectivity index (χ1) is 7.59. The molecule has 0 spiro atoms. The summed E-state index contributed by atoms with van der Waals surface area (Å²) in [6, 6.07) is 8.51. The molecule has 0 atom stereocenters. The van der Waals surface area contributed by atoms with Crippen molar-refractivity contribution in [1.82, 2.24) is 0 Å². The molecule has 1 aromatic rings. The largest absolute Gasteiger partial charge is 0.378 e. The second-order valence-corrected chi connectivity index (χ2v) is 4.23. The van der Waals surface area contributed by atoms with Gasteiger partial charge in [-0.2, -0.15) is 0 Å². The standard InChI is InChI=1S/C13H20N2O/c1-15(2)12-9-7-11(8-10-12)5-3-4-6-13(14)16/h7-10H,3-6H2,1-2H3,(H2,14,16). The topological polar surface area (TPSA) is 46.3 Å². The van der Waals surface area contributed by atoms with Gasteiger partial charge in [0, 0.05) is 26.2 Å². The lowest BCUT2D eigenvalue weighted by atomic mass is 10.1. The highest BCUT2D eigenvalue weighted by Gasteiger charge is 1.98. The molecular weight excluding hydrogens is 200 g/mol. The van der Waals surface area contributed by atoms with Crippen molar-refractivity contribution >= 4 is 11.6 Å². The maximum absolute atomic E-state index is 10.5. The second kappa shape index (κ2) is 6.16. The average Bonchev–Trinajstić information content (AvgIpc) is 2.25. The molecule has 0 unspecified atom stereocenters. The van der Waals surface area contributed by atoms with Crippen LogP contribution in [-0.4, -0.2) is 20.0 Å². The lowest BCUT2D eigenvalue weighted by molar-refractivity contribution is -0.118. The molecule has 0 heterocycles. The molecule has 0 radical (unpaired) electrons. The number of nitrogens with two attached hydrogens (primary N) is 1. The minimum atomic E-state index is -0.206. The Morgan fingerprint density at radius 2 is 1.81 bits per heavy atom. The fourth-order valence-corrected chi connectivity index (χ4v) is 1.59. The van der Waals surface area contributed by atoms with Crippen molar-refractivity contribution in [1.29, 1.82) is 0 Å². The Balaban J connectivity index is 2.35. The third kappa shape index (κ3) is 4.34. The van der Waals surface area contributed by atoms with Crippen LogP contribution in [0.15, 0.2) is 24.3 Å². The number of hydrogen-bond donors (Lipinski definition) is 1. The molecule has 3 nitrogen and oxygen atoms in total. The third-order valence-electron chi connectivity index (χ3n) is 2.59. The van der Waals surface area contributed by atoms with Gasteiger partial charge < -0.3 is 10.6 Å². The highest BCUT2D eigenvalue weighted by Crippen LogP contribution is 2.14. The normalized spacial score (nSPS) is 10.1. The van der Waals surface area contributed by atoms with E-state index in [2.05, 4.69) is 29.2 Å². The van der Waals surface area contributed by atoms with E-state index in [9.17, 15) is 4.79 Å². The second-order valence-electron chi connectivity index (χ2n) is 4.23. The van der Waals surface area contributed by atoms with Crippen LogP contribution < -0.4 is 10.6 Å². The molecule has 2 N–H and O–H groups in total. The van der Waals surface area contributed by atoms with E-state index >= 15 is 0 Å². The van der Waals surface area contributed by atoms with Crippen molar-refractivity contribution in [3.8, 4) is 0 Å². The van der Waals surface area contributed by atoms with Crippen molar-refractivity contribution in [3.05, 3.63) is 29.8 Å². The molecule has 88 valence electrons. The molecule has 1 aromatic carbocycles. The van der Waals surface area contributed by atoms with Crippen LogP contribution in [-0.2, 0) is 11.2 Å². The van der Waals surface area contributed by atoms with Crippen LogP contribution in [0, 0.1) is 0 Å². The van der Waals surface area contributed by atoms with E-state index in [1.54, 1.807) is 0 Å². The summed E-state index contributed by atoms with van der Waals surface area (Å²) >= 11 is 0. The zero-order valence-electron chi connectivity index (χ0n) is 10.1. The van der Waals surface area contributed by atoms with Gasteiger partial charge in [0.15, 0.2) is 0 Å². The Morgan fingerprint density at radius 1 is 1.19 bits per heavy atom. The summed E-state index contributed by atoms with van der Waals surface area (Å²) in [5, 5.41) is 0. The van der Waals surface area contributed by atoms with Crippen molar-refractivity contribution in [2.45, 2.75) is 25.7 Å². The lowest BCUT2D eigenvalue weighted by Crippen LogP contribution is -2.09. The van der Waals surface area contributed by atoms with Crippen molar-refractivity contribution in [3.63, 3.8) is 0 Å². The molecule has 1 amide bonds. The van der Waals surface area contributed by atoms with Crippen LogP contribution >= 0.6 is 0 Å². The Labute approximate surface area is 97.2 Å². The van der Waals surface area contributed by atoms with Crippen LogP contribution in [0.4, 0.5) is 5.69 Å². The molecule has 1 rings (SSSR count). The van der Waals surface area contributed by atoms with Gasteiger partial charge in [0.25, 0.3) is 0 Å². The number of amides is 1. The van der Waals surface area contributed by atoms with Gasteiger partial charge in [-0.05, 0) is 37.0 Å². The molecule has 0 saturated heterocycles. The molecule has 0 fully saturated rings. The van der Waals surface area contributed by atoms with Crippen LogP contribution in [0.2, 0.25) is 0 Å². The first kappa shape index (κ1) is 12.6. The fraction of sp³-hybridized carbons (Fsp3) is 0.462.